The average molecular weight is 430 g/mol. The van der Waals surface area contributed by atoms with Gasteiger partial charge in [0.05, 0.1) is 18.7 Å². The van der Waals surface area contributed by atoms with Crippen molar-refractivity contribution in [2.45, 2.75) is 13.0 Å². The highest BCUT2D eigenvalue weighted by atomic mass is 16.5. The maximum atomic E-state index is 13.5. The molecule has 0 unspecified atom stereocenters. The Kier molecular flexibility index (Phi) is 4.55. The number of rotatable bonds is 5. The Morgan fingerprint density at radius 1 is 1.12 bits per heavy atom. The number of nitrogens with zero attached hydrogens (tertiary/aromatic N) is 2. The van der Waals surface area contributed by atoms with Crippen LogP contribution in [0.1, 0.15) is 27.9 Å². The number of furan rings is 1. The number of anilines is 1. The first kappa shape index (κ1) is 19.6. The molecule has 0 radical (unpaired) electrons. The van der Waals surface area contributed by atoms with E-state index in [1.165, 1.54) is 12.0 Å². The third-order valence-electron chi connectivity index (χ3n) is 5.37. The number of hydrogen-bond donors (Lipinski definition) is 1. The number of aromatic nitrogens is 1. The molecular weight excluding hydrogens is 412 g/mol. The minimum Gasteiger partial charge on any atom is -0.503 e. The molecule has 0 aliphatic carbocycles. The van der Waals surface area contributed by atoms with Gasteiger partial charge in [0.15, 0.2) is 17.3 Å². The molecule has 2 aromatic carbocycles. The number of ether oxygens (including phenoxy) is 1. The summed E-state index contributed by atoms with van der Waals surface area (Å²) >= 11 is 0. The first-order valence-electron chi connectivity index (χ1n) is 9.85. The first-order chi connectivity index (χ1) is 15.5. The molecule has 0 spiro atoms. The molecule has 0 saturated carbocycles. The lowest BCUT2D eigenvalue weighted by Gasteiger charge is -2.24. The molecule has 1 atom stereocenters. The number of methoxy groups -OCH3 is 1. The topological polar surface area (TPSA) is 106 Å². The number of fused-ring (bicyclic) bond motifs is 1. The summed E-state index contributed by atoms with van der Waals surface area (Å²) in [6, 6.07) is 16.3. The smallest absolute Gasteiger partial charge is 0.295 e. The number of aliphatic hydroxyl groups excluding tert-OH is 1. The van der Waals surface area contributed by atoms with E-state index in [1.807, 2.05) is 12.1 Å². The maximum absolute atomic E-state index is 13.5. The Labute approximate surface area is 182 Å². The number of hydrogen-bond acceptors (Lipinski definition) is 7. The van der Waals surface area contributed by atoms with Crippen LogP contribution in [0.15, 0.2) is 80.9 Å². The number of amides is 1. The van der Waals surface area contributed by atoms with Crippen LogP contribution >= 0.6 is 0 Å². The minimum atomic E-state index is -0.956. The fourth-order valence-corrected chi connectivity index (χ4v) is 3.89. The molecule has 5 rings (SSSR count). The average Bonchev–Trinajstić information content (AvgIpc) is 3.50. The third-order valence-corrected chi connectivity index (χ3v) is 5.37. The van der Waals surface area contributed by atoms with Gasteiger partial charge in [0.2, 0.25) is 5.78 Å². The van der Waals surface area contributed by atoms with E-state index in [-0.39, 0.29) is 17.2 Å². The van der Waals surface area contributed by atoms with Crippen LogP contribution in [0.2, 0.25) is 0 Å². The molecular formula is C24H18N2O6. The first-order valence-corrected chi connectivity index (χ1v) is 9.85. The molecule has 160 valence electrons. The van der Waals surface area contributed by atoms with Crippen LogP contribution in [0.25, 0.3) is 11.0 Å². The summed E-state index contributed by atoms with van der Waals surface area (Å²) in [4.78, 5) is 27.9. The fraction of sp³-hybridized carbons (Fsp3) is 0.125. The van der Waals surface area contributed by atoms with Gasteiger partial charge in [-0.05, 0) is 36.8 Å². The number of ketones is 1. The van der Waals surface area contributed by atoms with Crippen molar-refractivity contribution in [3.8, 4) is 5.75 Å². The second kappa shape index (κ2) is 7.42. The number of Topliss-reactive ketones (excluding diaryl/α,β-unsaturated/α-hetero) is 1. The third kappa shape index (κ3) is 3.04. The highest BCUT2D eigenvalue weighted by Gasteiger charge is 2.46. The van der Waals surface area contributed by atoms with Gasteiger partial charge in [-0.25, -0.2) is 0 Å². The molecule has 1 amide bonds. The minimum absolute atomic E-state index is 0.0200. The molecule has 2 aromatic heterocycles. The zero-order chi connectivity index (χ0) is 22.4. The van der Waals surface area contributed by atoms with E-state index in [9.17, 15) is 14.7 Å². The van der Waals surface area contributed by atoms with E-state index in [0.717, 1.165) is 5.39 Å². The number of aryl methyl sites for hydroxylation is 1. The van der Waals surface area contributed by atoms with Crippen LogP contribution in [-0.2, 0) is 4.79 Å². The fourth-order valence-electron chi connectivity index (χ4n) is 3.89. The van der Waals surface area contributed by atoms with Crippen molar-refractivity contribution in [3.63, 3.8) is 0 Å². The van der Waals surface area contributed by atoms with Gasteiger partial charge in [0, 0.05) is 11.5 Å². The molecule has 32 heavy (non-hydrogen) atoms. The van der Waals surface area contributed by atoms with E-state index in [2.05, 4.69) is 5.16 Å². The van der Waals surface area contributed by atoms with Crippen LogP contribution in [0.4, 0.5) is 5.82 Å². The molecule has 0 bridgehead atoms. The Hall–Kier alpha value is -4.33. The molecule has 1 N–H and O–H groups in total. The van der Waals surface area contributed by atoms with Crippen molar-refractivity contribution in [1.82, 2.24) is 5.16 Å². The molecule has 1 aliphatic rings. The van der Waals surface area contributed by atoms with Gasteiger partial charge in [-0.3, -0.25) is 14.5 Å². The molecule has 8 heteroatoms. The number of para-hydroxylation sites is 1. The Balaban J connectivity index is 1.67. The predicted molar refractivity (Wildman–Crippen MR) is 115 cm³/mol. The SMILES string of the molecule is COc1cccc([C@@H]2C(C(=O)c3cc4ccccc4o3)=C(O)C(=O)N2c2cc(C)on2)c1. The Morgan fingerprint density at radius 2 is 1.94 bits per heavy atom. The van der Waals surface area contributed by atoms with E-state index in [1.54, 1.807) is 55.5 Å². The summed E-state index contributed by atoms with van der Waals surface area (Å²) in [7, 11) is 1.52. The standard InChI is InChI=1S/C24H18N2O6/c1-13-10-19(25-32-13)26-21(15-7-5-8-16(11-15)30-2)20(23(28)24(26)29)22(27)18-12-14-6-3-4-9-17(14)31-18/h3-12,21,28H,1-2H3/t21-/m1/s1. The lowest BCUT2D eigenvalue weighted by molar-refractivity contribution is -0.117. The van der Waals surface area contributed by atoms with E-state index < -0.39 is 23.5 Å². The normalized spacial score (nSPS) is 16.2. The molecule has 0 saturated heterocycles. The predicted octanol–water partition coefficient (Wildman–Crippen LogP) is 4.52. The van der Waals surface area contributed by atoms with Crippen molar-refractivity contribution >= 4 is 28.5 Å². The number of aliphatic hydroxyl groups is 1. The molecule has 3 heterocycles. The van der Waals surface area contributed by atoms with Gasteiger partial charge >= 0.3 is 0 Å². The van der Waals surface area contributed by atoms with Gasteiger partial charge in [-0.1, -0.05) is 35.5 Å². The van der Waals surface area contributed by atoms with Crippen molar-refractivity contribution in [2.75, 3.05) is 12.0 Å². The molecule has 0 fully saturated rings. The Bertz CT molecular complexity index is 1360. The van der Waals surface area contributed by atoms with Gasteiger partial charge in [0.25, 0.3) is 5.91 Å². The van der Waals surface area contributed by atoms with Crippen LogP contribution in [0, 0.1) is 6.92 Å². The molecule has 4 aromatic rings. The lowest BCUT2D eigenvalue weighted by atomic mass is 9.95. The van der Waals surface area contributed by atoms with Crippen molar-refractivity contribution < 1.29 is 28.4 Å². The van der Waals surface area contributed by atoms with Gasteiger partial charge < -0.3 is 18.8 Å². The zero-order valence-electron chi connectivity index (χ0n) is 17.2. The highest BCUT2D eigenvalue weighted by molar-refractivity contribution is 6.20. The maximum Gasteiger partial charge on any atom is 0.295 e. The summed E-state index contributed by atoms with van der Waals surface area (Å²) in [6.45, 7) is 1.69. The quantitative estimate of drug-likeness (QED) is 0.464. The van der Waals surface area contributed by atoms with E-state index in [0.29, 0.717) is 22.7 Å². The highest BCUT2D eigenvalue weighted by Crippen LogP contribution is 2.42. The monoisotopic (exact) mass is 430 g/mol. The molecule has 8 nitrogen and oxygen atoms in total. The number of carbonyl (C=O) groups is 2. The second-order valence-electron chi connectivity index (χ2n) is 7.39. The largest absolute Gasteiger partial charge is 0.503 e. The van der Waals surface area contributed by atoms with Gasteiger partial charge in [-0.2, -0.15) is 0 Å². The summed E-state index contributed by atoms with van der Waals surface area (Å²) < 4.78 is 16.2. The van der Waals surface area contributed by atoms with E-state index in [4.69, 9.17) is 13.7 Å². The summed E-state index contributed by atoms with van der Waals surface area (Å²) in [5, 5.41) is 15.5. The van der Waals surface area contributed by atoms with Crippen molar-refractivity contribution in [1.29, 1.82) is 0 Å². The lowest BCUT2D eigenvalue weighted by Crippen LogP contribution is -2.31. The second-order valence-corrected chi connectivity index (χ2v) is 7.39. The summed E-state index contributed by atoms with van der Waals surface area (Å²) in [5.74, 6) is -0.801. The Morgan fingerprint density at radius 3 is 2.66 bits per heavy atom. The number of benzene rings is 2. The number of carbonyl (C=O) groups excluding carboxylic acids is 2. The van der Waals surface area contributed by atoms with Gasteiger partial charge in [0.1, 0.15) is 17.1 Å². The zero-order valence-corrected chi connectivity index (χ0v) is 17.2. The van der Waals surface area contributed by atoms with Crippen LogP contribution in [0.3, 0.4) is 0 Å². The van der Waals surface area contributed by atoms with Crippen LogP contribution in [-0.4, -0.2) is 29.1 Å². The van der Waals surface area contributed by atoms with E-state index >= 15 is 0 Å². The van der Waals surface area contributed by atoms with Crippen LogP contribution in [0.5, 0.6) is 5.75 Å². The van der Waals surface area contributed by atoms with Crippen molar-refractivity contribution in [2.24, 2.45) is 0 Å². The van der Waals surface area contributed by atoms with Gasteiger partial charge in [-0.15, -0.1) is 0 Å². The molecule has 1 aliphatic heterocycles. The summed E-state index contributed by atoms with van der Waals surface area (Å²) in [6.07, 6.45) is 0. The van der Waals surface area contributed by atoms with Crippen molar-refractivity contribution in [3.05, 3.63) is 89.1 Å². The summed E-state index contributed by atoms with van der Waals surface area (Å²) in [5.41, 5.74) is 0.979. The van der Waals surface area contributed by atoms with Crippen LogP contribution < -0.4 is 9.64 Å².